The van der Waals surface area contributed by atoms with E-state index in [4.69, 9.17) is 11.6 Å². The highest BCUT2D eigenvalue weighted by atomic mass is 35.5. The van der Waals surface area contributed by atoms with Crippen molar-refractivity contribution in [1.29, 1.82) is 0 Å². The first-order chi connectivity index (χ1) is 10.7. The molecule has 2 heterocycles. The fraction of sp³-hybridized carbons (Fsp3) is 0.471. The van der Waals surface area contributed by atoms with E-state index in [1.807, 2.05) is 23.9 Å². The second-order valence-corrected chi connectivity index (χ2v) is 9.31. The lowest BCUT2D eigenvalue weighted by molar-refractivity contribution is 0.307. The van der Waals surface area contributed by atoms with Crippen LogP contribution in [-0.2, 0) is 0 Å². The number of benzene rings is 1. The molecule has 2 bridgehead atoms. The van der Waals surface area contributed by atoms with E-state index in [1.54, 1.807) is 0 Å². The van der Waals surface area contributed by atoms with E-state index in [1.165, 1.54) is 41.0 Å². The fourth-order valence-electron chi connectivity index (χ4n) is 4.92. The summed E-state index contributed by atoms with van der Waals surface area (Å²) < 4.78 is 0. The number of aromatic amines is 1. The summed E-state index contributed by atoms with van der Waals surface area (Å²) in [5, 5.41) is 2.60. The fourth-order valence-corrected chi connectivity index (χ4v) is 8.06. The molecule has 2 aliphatic carbocycles. The number of hydrogen-bond donors (Lipinski definition) is 1. The summed E-state index contributed by atoms with van der Waals surface area (Å²) >= 11 is 9.85. The minimum Gasteiger partial charge on any atom is -0.307 e. The number of halogens is 1. The Kier molecular flexibility index (Phi) is 3.05. The molecule has 5 rings (SSSR count). The molecule has 2 nitrogen and oxygen atoms in total. The van der Waals surface area contributed by atoms with Crippen LogP contribution >= 0.6 is 34.7 Å². The Morgan fingerprint density at radius 2 is 2.00 bits per heavy atom. The summed E-state index contributed by atoms with van der Waals surface area (Å²) in [7, 11) is 0. The molecule has 5 heteroatoms. The first-order valence-electron chi connectivity index (χ1n) is 7.86. The van der Waals surface area contributed by atoms with Crippen molar-refractivity contribution in [3.8, 4) is 0 Å². The van der Waals surface area contributed by atoms with E-state index < -0.39 is 0 Å². The van der Waals surface area contributed by atoms with Crippen LogP contribution in [0.1, 0.15) is 35.6 Å². The molecule has 1 N–H and O–H groups in total. The predicted octanol–water partition coefficient (Wildman–Crippen LogP) is 4.74. The number of fused-ring (bicyclic) bond motifs is 6. The molecule has 1 aliphatic heterocycles. The standard InChI is InChI=1S/C17H16ClNOS2/c18-11-4-2-1-3-10(11)13-12-8-5-6-9(7-8)14(12)21-16-15(13)22-17(20)19-16/h1-4,8-9,12-14H,5-7H2,(H,19,20)/t8-,9-,12+,13+,14+/m1/s1. The molecule has 114 valence electrons. The number of H-pyrrole nitrogens is 1. The molecule has 22 heavy (non-hydrogen) atoms. The van der Waals surface area contributed by atoms with Gasteiger partial charge in [-0.1, -0.05) is 41.1 Å². The highest BCUT2D eigenvalue weighted by Crippen LogP contribution is 2.64. The Morgan fingerprint density at radius 1 is 1.18 bits per heavy atom. The van der Waals surface area contributed by atoms with Crippen LogP contribution in [0, 0.1) is 17.8 Å². The van der Waals surface area contributed by atoms with Gasteiger partial charge in [0.1, 0.15) is 0 Å². The largest absolute Gasteiger partial charge is 0.307 e. The average Bonchev–Trinajstić information content (AvgIpc) is 3.19. The number of aromatic nitrogens is 1. The molecular formula is C17H16ClNOS2. The second-order valence-electron chi connectivity index (χ2n) is 6.70. The number of hydrogen-bond acceptors (Lipinski definition) is 3. The Hall–Kier alpha value is -0.710. The molecule has 0 unspecified atom stereocenters. The van der Waals surface area contributed by atoms with Crippen molar-refractivity contribution in [2.24, 2.45) is 17.8 Å². The smallest absolute Gasteiger partial charge is 0.305 e. The molecule has 1 aromatic heterocycles. The first kappa shape index (κ1) is 13.7. The van der Waals surface area contributed by atoms with Crippen LogP contribution in [0.15, 0.2) is 34.1 Å². The van der Waals surface area contributed by atoms with Crippen molar-refractivity contribution in [3.05, 3.63) is 49.4 Å². The maximum Gasteiger partial charge on any atom is 0.305 e. The third kappa shape index (κ3) is 1.84. The van der Waals surface area contributed by atoms with Gasteiger partial charge in [0.25, 0.3) is 0 Å². The lowest BCUT2D eigenvalue weighted by Crippen LogP contribution is -2.33. The van der Waals surface area contributed by atoms with Gasteiger partial charge in [0.05, 0.1) is 5.03 Å². The third-order valence-electron chi connectivity index (χ3n) is 5.71. The number of thiazole rings is 1. The van der Waals surface area contributed by atoms with Gasteiger partial charge in [-0.05, 0) is 48.6 Å². The predicted molar refractivity (Wildman–Crippen MR) is 92.2 cm³/mol. The van der Waals surface area contributed by atoms with Gasteiger partial charge in [-0.2, -0.15) is 0 Å². The molecule has 0 amide bonds. The van der Waals surface area contributed by atoms with E-state index in [-0.39, 0.29) is 4.87 Å². The van der Waals surface area contributed by atoms with Crippen LogP contribution in [0.25, 0.3) is 0 Å². The Labute approximate surface area is 142 Å². The molecule has 0 radical (unpaired) electrons. The van der Waals surface area contributed by atoms with Crippen LogP contribution < -0.4 is 4.87 Å². The minimum atomic E-state index is 0.0712. The summed E-state index contributed by atoms with van der Waals surface area (Å²) in [5.41, 5.74) is 1.21. The van der Waals surface area contributed by atoms with E-state index in [0.29, 0.717) is 17.1 Å². The molecule has 2 aromatic rings. The highest BCUT2D eigenvalue weighted by molar-refractivity contribution is 8.00. The summed E-state index contributed by atoms with van der Waals surface area (Å²) in [6.07, 6.45) is 4.07. The topological polar surface area (TPSA) is 32.9 Å². The quantitative estimate of drug-likeness (QED) is 0.806. The van der Waals surface area contributed by atoms with Crippen molar-refractivity contribution in [3.63, 3.8) is 0 Å². The average molecular weight is 350 g/mol. The Bertz CT molecular complexity index is 798. The number of thioether (sulfide) groups is 1. The van der Waals surface area contributed by atoms with Crippen molar-refractivity contribution in [2.45, 2.75) is 35.5 Å². The van der Waals surface area contributed by atoms with E-state index in [0.717, 1.165) is 21.9 Å². The van der Waals surface area contributed by atoms with Crippen LogP contribution in [0.5, 0.6) is 0 Å². The van der Waals surface area contributed by atoms with E-state index in [2.05, 4.69) is 17.1 Å². The van der Waals surface area contributed by atoms with E-state index >= 15 is 0 Å². The van der Waals surface area contributed by atoms with Gasteiger partial charge in [-0.3, -0.25) is 4.79 Å². The second kappa shape index (κ2) is 4.89. The lowest BCUT2D eigenvalue weighted by atomic mass is 9.75. The zero-order chi connectivity index (χ0) is 14.8. The minimum absolute atomic E-state index is 0.0712. The van der Waals surface area contributed by atoms with Crippen molar-refractivity contribution < 1.29 is 0 Å². The Balaban J connectivity index is 1.72. The van der Waals surface area contributed by atoms with Gasteiger partial charge in [0.2, 0.25) is 0 Å². The number of rotatable bonds is 1. The van der Waals surface area contributed by atoms with Crippen molar-refractivity contribution in [1.82, 2.24) is 4.98 Å². The highest BCUT2D eigenvalue weighted by Gasteiger charge is 2.54. The van der Waals surface area contributed by atoms with Gasteiger partial charge < -0.3 is 4.98 Å². The van der Waals surface area contributed by atoms with Gasteiger partial charge >= 0.3 is 4.87 Å². The van der Waals surface area contributed by atoms with Gasteiger partial charge in [0.15, 0.2) is 0 Å². The molecule has 0 saturated heterocycles. The van der Waals surface area contributed by atoms with Crippen molar-refractivity contribution >= 4 is 34.7 Å². The zero-order valence-corrected chi connectivity index (χ0v) is 14.3. The first-order valence-corrected chi connectivity index (χ1v) is 9.94. The van der Waals surface area contributed by atoms with Crippen LogP contribution in [0.2, 0.25) is 5.02 Å². The van der Waals surface area contributed by atoms with E-state index in [9.17, 15) is 4.79 Å². The molecule has 2 fully saturated rings. The summed E-state index contributed by atoms with van der Waals surface area (Å²) in [6.45, 7) is 0. The van der Waals surface area contributed by atoms with Crippen LogP contribution in [0.4, 0.5) is 0 Å². The van der Waals surface area contributed by atoms with Gasteiger partial charge in [0, 0.05) is 21.1 Å². The molecule has 0 spiro atoms. The summed E-state index contributed by atoms with van der Waals surface area (Å²) in [6, 6.07) is 8.19. The molecule has 2 saturated carbocycles. The summed E-state index contributed by atoms with van der Waals surface area (Å²) in [5.74, 6) is 2.56. The van der Waals surface area contributed by atoms with Gasteiger partial charge in [-0.15, -0.1) is 11.8 Å². The maximum atomic E-state index is 11.9. The molecule has 5 atom stereocenters. The molecular weight excluding hydrogens is 334 g/mol. The monoisotopic (exact) mass is 349 g/mol. The lowest BCUT2D eigenvalue weighted by Gasteiger charge is -2.40. The maximum absolute atomic E-state index is 11.9. The molecule has 1 aromatic carbocycles. The number of nitrogens with one attached hydrogen (secondary N) is 1. The van der Waals surface area contributed by atoms with Crippen LogP contribution in [0.3, 0.4) is 0 Å². The summed E-state index contributed by atoms with van der Waals surface area (Å²) in [4.78, 5) is 16.3. The Morgan fingerprint density at radius 3 is 2.86 bits per heavy atom. The molecule has 3 aliphatic rings. The van der Waals surface area contributed by atoms with Gasteiger partial charge in [-0.25, -0.2) is 0 Å². The SMILES string of the molecule is O=c1[nH]c2c(s1)[C@@H](c1ccccc1Cl)[C@@H]1[C@@H]3CC[C@H](C3)[C@@H]1S2. The normalized spacial score (nSPS) is 35.4. The third-order valence-corrected chi connectivity index (χ3v) is 8.67. The van der Waals surface area contributed by atoms with Crippen LogP contribution in [-0.4, -0.2) is 10.2 Å². The van der Waals surface area contributed by atoms with Crippen molar-refractivity contribution in [2.75, 3.05) is 0 Å². The zero-order valence-electron chi connectivity index (χ0n) is 11.9.